The van der Waals surface area contributed by atoms with Crippen LogP contribution in [0.25, 0.3) is 5.65 Å². The average molecular weight is 448 g/mol. The van der Waals surface area contributed by atoms with E-state index in [9.17, 15) is 9.90 Å². The van der Waals surface area contributed by atoms with E-state index in [1.54, 1.807) is 16.6 Å². The van der Waals surface area contributed by atoms with E-state index in [4.69, 9.17) is 11.6 Å². The lowest BCUT2D eigenvalue weighted by Gasteiger charge is -2.39. The van der Waals surface area contributed by atoms with Gasteiger partial charge in [0.25, 0.3) is 5.91 Å². The Morgan fingerprint density at radius 2 is 1.69 bits per heavy atom. The van der Waals surface area contributed by atoms with E-state index in [-0.39, 0.29) is 11.9 Å². The number of hydrogen-bond donors (Lipinski definition) is 2. The summed E-state index contributed by atoms with van der Waals surface area (Å²) in [5, 5.41) is 19.1. The number of carbonyl (C=O) groups excluding carboxylic acids is 1. The van der Waals surface area contributed by atoms with Crippen LogP contribution in [0.2, 0.25) is 5.02 Å². The van der Waals surface area contributed by atoms with Gasteiger partial charge in [-0.25, -0.2) is 0 Å². The zero-order valence-electron chi connectivity index (χ0n) is 17.3. The number of aliphatic hydroxyl groups is 1. The summed E-state index contributed by atoms with van der Waals surface area (Å²) < 4.78 is 1.73. The summed E-state index contributed by atoms with van der Waals surface area (Å²) in [6.07, 6.45) is 1.16. The highest BCUT2D eigenvalue weighted by molar-refractivity contribution is 6.30. The molecule has 32 heavy (non-hydrogen) atoms. The Labute approximate surface area is 190 Å². The van der Waals surface area contributed by atoms with Crippen LogP contribution >= 0.6 is 11.6 Å². The van der Waals surface area contributed by atoms with Crippen molar-refractivity contribution >= 4 is 34.9 Å². The second-order valence-corrected chi connectivity index (χ2v) is 8.37. The highest BCUT2D eigenvalue weighted by atomic mass is 35.5. The van der Waals surface area contributed by atoms with Crippen molar-refractivity contribution in [2.24, 2.45) is 0 Å². The van der Waals surface area contributed by atoms with Crippen molar-refractivity contribution in [2.75, 3.05) is 23.3 Å². The molecule has 0 atom stereocenters. The number of fused-ring (bicyclic) bond motifs is 1. The first-order valence-corrected chi connectivity index (χ1v) is 10.9. The topological polar surface area (TPSA) is 82.8 Å². The molecule has 162 valence electrons. The molecule has 2 aromatic carbocycles. The molecule has 2 N–H and O–H groups in total. The molecule has 8 heteroatoms. The Bertz CT molecular complexity index is 1250. The quantitative estimate of drug-likeness (QED) is 0.491. The Kier molecular flexibility index (Phi) is 5.28. The van der Waals surface area contributed by atoms with Crippen molar-refractivity contribution in [3.8, 4) is 0 Å². The first kappa shape index (κ1) is 20.5. The number of hydrogen-bond acceptors (Lipinski definition) is 5. The number of rotatable bonds is 4. The number of nitrogens with zero attached hydrogens (tertiary/aromatic N) is 4. The summed E-state index contributed by atoms with van der Waals surface area (Å²) in [5.41, 5.74) is 1.19. The number of benzene rings is 2. The predicted octanol–water partition coefficient (Wildman–Crippen LogP) is 4.12. The van der Waals surface area contributed by atoms with Crippen LogP contribution in [-0.2, 0) is 5.60 Å². The second-order valence-electron chi connectivity index (χ2n) is 7.94. The molecule has 3 heterocycles. The minimum absolute atomic E-state index is 0.251. The Hall–Kier alpha value is -3.42. The predicted molar refractivity (Wildman–Crippen MR) is 124 cm³/mol. The van der Waals surface area contributed by atoms with Crippen LogP contribution in [-0.4, -0.2) is 38.7 Å². The smallest absolute Gasteiger partial charge is 0.258 e. The van der Waals surface area contributed by atoms with E-state index in [0.29, 0.717) is 42.2 Å². The summed E-state index contributed by atoms with van der Waals surface area (Å²) in [6, 6.07) is 22.1. The van der Waals surface area contributed by atoms with Crippen molar-refractivity contribution in [3.63, 3.8) is 0 Å². The van der Waals surface area contributed by atoms with Gasteiger partial charge in [0, 0.05) is 23.7 Å². The molecule has 1 fully saturated rings. The fourth-order valence-electron chi connectivity index (χ4n) is 4.10. The largest absolute Gasteiger partial charge is 0.385 e. The monoisotopic (exact) mass is 447 g/mol. The summed E-state index contributed by atoms with van der Waals surface area (Å²) in [5.74, 6) is 0.864. The highest BCUT2D eigenvalue weighted by Gasteiger charge is 2.34. The number of piperidine rings is 1. The molecule has 7 nitrogen and oxygen atoms in total. The second kappa shape index (κ2) is 8.26. The van der Waals surface area contributed by atoms with E-state index >= 15 is 0 Å². The van der Waals surface area contributed by atoms with E-state index in [1.807, 2.05) is 60.7 Å². The van der Waals surface area contributed by atoms with Gasteiger partial charge in [-0.1, -0.05) is 48.0 Å². The third-order valence-corrected chi connectivity index (χ3v) is 6.15. The van der Waals surface area contributed by atoms with Gasteiger partial charge in [-0.3, -0.25) is 10.1 Å². The van der Waals surface area contributed by atoms with Crippen molar-refractivity contribution < 1.29 is 9.90 Å². The van der Waals surface area contributed by atoms with Crippen LogP contribution in [0.3, 0.4) is 0 Å². The van der Waals surface area contributed by atoms with Gasteiger partial charge < -0.3 is 10.0 Å². The molecule has 0 saturated carbocycles. The maximum Gasteiger partial charge on any atom is 0.258 e. The standard InChI is InChI=1S/C24H22ClN5O2/c25-19-11-9-18(10-12-19)24(32)13-15-29(16-14-24)21-8-4-7-20-26-23(28-30(20)21)27-22(31)17-5-2-1-3-6-17/h1-12,32H,13-16H2,(H,27,28,31). The number of anilines is 2. The molecule has 5 rings (SSSR count). The number of carbonyl (C=O) groups is 1. The van der Waals surface area contributed by atoms with Gasteiger partial charge in [-0.2, -0.15) is 9.50 Å². The molecule has 0 radical (unpaired) electrons. The molecular formula is C24H22ClN5O2. The van der Waals surface area contributed by atoms with Crippen LogP contribution in [0.1, 0.15) is 28.8 Å². The van der Waals surface area contributed by atoms with Gasteiger partial charge in [-0.05, 0) is 54.8 Å². The van der Waals surface area contributed by atoms with Gasteiger partial charge in [0.05, 0.1) is 5.60 Å². The Morgan fingerprint density at radius 3 is 2.41 bits per heavy atom. The van der Waals surface area contributed by atoms with E-state index < -0.39 is 5.60 Å². The first-order valence-electron chi connectivity index (χ1n) is 10.5. The Balaban J connectivity index is 1.35. The van der Waals surface area contributed by atoms with Crippen LogP contribution in [0.15, 0.2) is 72.8 Å². The minimum Gasteiger partial charge on any atom is -0.385 e. The van der Waals surface area contributed by atoms with Gasteiger partial charge in [0.1, 0.15) is 5.82 Å². The first-order chi connectivity index (χ1) is 15.5. The molecule has 1 saturated heterocycles. The summed E-state index contributed by atoms with van der Waals surface area (Å²) in [6.45, 7) is 1.31. The lowest BCUT2D eigenvalue weighted by molar-refractivity contribution is 0.0116. The normalized spacial score (nSPS) is 15.6. The van der Waals surface area contributed by atoms with Gasteiger partial charge in [0.15, 0.2) is 5.65 Å². The maximum absolute atomic E-state index is 12.5. The van der Waals surface area contributed by atoms with E-state index in [2.05, 4.69) is 20.3 Å². The summed E-state index contributed by atoms with van der Waals surface area (Å²) in [7, 11) is 0. The summed E-state index contributed by atoms with van der Waals surface area (Å²) >= 11 is 5.99. The summed E-state index contributed by atoms with van der Waals surface area (Å²) in [4.78, 5) is 19.1. The van der Waals surface area contributed by atoms with Crippen LogP contribution < -0.4 is 10.2 Å². The fourth-order valence-corrected chi connectivity index (χ4v) is 4.23. The molecule has 2 aromatic heterocycles. The fraction of sp³-hybridized carbons (Fsp3) is 0.208. The van der Waals surface area contributed by atoms with Crippen molar-refractivity contribution in [3.05, 3.63) is 88.9 Å². The van der Waals surface area contributed by atoms with Crippen LogP contribution in [0.5, 0.6) is 0 Å². The zero-order valence-corrected chi connectivity index (χ0v) is 18.0. The Morgan fingerprint density at radius 1 is 0.969 bits per heavy atom. The zero-order chi connectivity index (χ0) is 22.1. The van der Waals surface area contributed by atoms with Gasteiger partial charge in [0.2, 0.25) is 5.95 Å². The van der Waals surface area contributed by atoms with E-state index in [1.165, 1.54) is 0 Å². The molecule has 1 aliphatic heterocycles. The molecule has 0 unspecified atom stereocenters. The third kappa shape index (κ3) is 3.92. The number of pyridine rings is 1. The number of amides is 1. The molecule has 4 aromatic rings. The van der Waals surface area contributed by atoms with Crippen LogP contribution in [0, 0.1) is 0 Å². The van der Waals surface area contributed by atoms with Crippen LogP contribution in [0.4, 0.5) is 11.8 Å². The SMILES string of the molecule is O=C(Nc1nc2cccc(N3CCC(O)(c4ccc(Cl)cc4)CC3)n2n1)c1ccccc1. The molecular weight excluding hydrogens is 426 g/mol. The third-order valence-electron chi connectivity index (χ3n) is 5.90. The average Bonchev–Trinajstić information content (AvgIpc) is 3.23. The van der Waals surface area contributed by atoms with Gasteiger partial charge in [-0.15, -0.1) is 5.10 Å². The highest BCUT2D eigenvalue weighted by Crippen LogP contribution is 2.35. The van der Waals surface area contributed by atoms with E-state index in [0.717, 1.165) is 11.4 Å². The molecule has 0 spiro atoms. The number of aromatic nitrogens is 3. The minimum atomic E-state index is -0.883. The maximum atomic E-state index is 12.5. The lowest BCUT2D eigenvalue weighted by Crippen LogP contribution is -2.43. The van der Waals surface area contributed by atoms with Crippen molar-refractivity contribution in [1.82, 2.24) is 14.6 Å². The number of nitrogens with one attached hydrogen (secondary N) is 1. The van der Waals surface area contributed by atoms with Crippen molar-refractivity contribution in [1.29, 1.82) is 0 Å². The van der Waals surface area contributed by atoms with Gasteiger partial charge >= 0.3 is 0 Å². The molecule has 1 aliphatic rings. The molecule has 0 bridgehead atoms. The molecule has 1 amide bonds. The number of halogens is 1. The molecule has 0 aliphatic carbocycles. The van der Waals surface area contributed by atoms with Crippen molar-refractivity contribution in [2.45, 2.75) is 18.4 Å². The lowest BCUT2D eigenvalue weighted by atomic mass is 9.84.